The number of hydrogen-bond donors (Lipinski definition) is 0. The van der Waals surface area contributed by atoms with E-state index in [-0.39, 0.29) is 18.4 Å². The number of esters is 1. The molecule has 1 aromatic carbocycles. The van der Waals surface area contributed by atoms with Gasteiger partial charge in [0.1, 0.15) is 12.4 Å². The van der Waals surface area contributed by atoms with Gasteiger partial charge in [-0.25, -0.2) is 4.79 Å². The van der Waals surface area contributed by atoms with Crippen LogP contribution in [0.3, 0.4) is 0 Å². The SMILES string of the molecule is CCOC(=O)c1cc(OCC(C)=O)c(I)c(C2CC2)c1. The van der Waals surface area contributed by atoms with Crippen LogP contribution in [0, 0.1) is 3.57 Å². The van der Waals surface area contributed by atoms with Gasteiger partial charge in [0.15, 0.2) is 5.78 Å². The monoisotopic (exact) mass is 388 g/mol. The summed E-state index contributed by atoms with van der Waals surface area (Å²) in [5.41, 5.74) is 1.61. The molecule has 1 fully saturated rings. The zero-order chi connectivity index (χ0) is 14.7. The molecule has 1 saturated carbocycles. The summed E-state index contributed by atoms with van der Waals surface area (Å²) in [5, 5.41) is 0. The second kappa shape index (κ2) is 6.56. The Morgan fingerprint density at radius 1 is 1.35 bits per heavy atom. The van der Waals surface area contributed by atoms with Crippen molar-refractivity contribution < 1.29 is 19.1 Å². The van der Waals surface area contributed by atoms with Crippen molar-refractivity contribution in [1.82, 2.24) is 0 Å². The zero-order valence-corrected chi connectivity index (χ0v) is 13.7. The molecular formula is C15H17IO4. The average molecular weight is 388 g/mol. The van der Waals surface area contributed by atoms with E-state index >= 15 is 0 Å². The van der Waals surface area contributed by atoms with Gasteiger partial charge >= 0.3 is 5.97 Å². The van der Waals surface area contributed by atoms with Crippen molar-refractivity contribution in [3.05, 3.63) is 26.8 Å². The number of Topliss-reactive ketones (excluding diaryl/α,β-unsaturated/α-hetero) is 1. The molecule has 5 heteroatoms. The maximum Gasteiger partial charge on any atom is 0.338 e. The first kappa shape index (κ1) is 15.3. The summed E-state index contributed by atoms with van der Waals surface area (Å²) < 4.78 is 11.5. The van der Waals surface area contributed by atoms with E-state index in [0.717, 1.165) is 22.0 Å². The summed E-state index contributed by atoms with van der Waals surface area (Å²) in [7, 11) is 0. The summed E-state index contributed by atoms with van der Waals surface area (Å²) in [4.78, 5) is 23.0. The Morgan fingerprint density at radius 3 is 2.60 bits per heavy atom. The third-order valence-corrected chi connectivity index (χ3v) is 4.18. The fraction of sp³-hybridized carbons (Fsp3) is 0.467. The van der Waals surface area contributed by atoms with Gasteiger partial charge in [-0.3, -0.25) is 4.79 Å². The highest BCUT2D eigenvalue weighted by molar-refractivity contribution is 14.1. The molecule has 2 rings (SSSR count). The minimum atomic E-state index is -0.349. The maximum atomic E-state index is 11.9. The number of rotatable bonds is 6. The lowest BCUT2D eigenvalue weighted by atomic mass is 10.1. The van der Waals surface area contributed by atoms with Gasteiger partial charge in [-0.15, -0.1) is 0 Å². The van der Waals surface area contributed by atoms with E-state index in [2.05, 4.69) is 22.6 Å². The number of carbonyl (C=O) groups is 2. The van der Waals surface area contributed by atoms with E-state index in [1.54, 1.807) is 13.0 Å². The highest BCUT2D eigenvalue weighted by Gasteiger charge is 2.28. The van der Waals surface area contributed by atoms with Gasteiger partial charge in [-0.2, -0.15) is 0 Å². The topological polar surface area (TPSA) is 52.6 Å². The number of carbonyl (C=O) groups excluding carboxylic acids is 2. The van der Waals surface area contributed by atoms with Crippen LogP contribution >= 0.6 is 22.6 Å². The van der Waals surface area contributed by atoms with E-state index in [0.29, 0.717) is 23.8 Å². The van der Waals surface area contributed by atoms with Crippen LogP contribution in [0.4, 0.5) is 0 Å². The Balaban J connectivity index is 2.33. The molecule has 0 aliphatic heterocycles. The van der Waals surface area contributed by atoms with Crippen molar-refractivity contribution in [1.29, 1.82) is 0 Å². The quantitative estimate of drug-likeness (QED) is 0.554. The van der Waals surface area contributed by atoms with Crippen LogP contribution in [0.1, 0.15) is 48.5 Å². The Bertz CT molecular complexity index is 535. The molecule has 0 spiro atoms. The molecule has 0 atom stereocenters. The molecule has 1 aliphatic carbocycles. The predicted molar refractivity (Wildman–Crippen MR) is 83.3 cm³/mol. The van der Waals surface area contributed by atoms with Crippen molar-refractivity contribution >= 4 is 34.3 Å². The molecule has 0 aromatic heterocycles. The number of ether oxygens (including phenoxy) is 2. The lowest BCUT2D eigenvalue weighted by Crippen LogP contribution is -2.11. The smallest absolute Gasteiger partial charge is 0.338 e. The van der Waals surface area contributed by atoms with Crippen LogP contribution in [0.5, 0.6) is 5.75 Å². The largest absolute Gasteiger partial charge is 0.485 e. The molecule has 0 radical (unpaired) electrons. The summed E-state index contributed by atoms with van der Waals surface area (Å²) in [5.74, 6) is 0.693. The Kier molecular flexibility index (Phi) is 5.01. The first-order chi connectivity index (χ1) is 9.52. The van der Waals surface area contributed by atoms with Gasteiger partial charge in [0, 0.05) is 0 Å². The van der Waals surface area contributed by atoms with Crippen LogP contribution in [-0.4, -0.2) is 25.0 Å². The molecule has 20 heavy (non-hydrogen) atoms. The van der Waals surface area contributed by atoms with Gasteiger partial charge < -0.3 is 9.47 Å². The molecule has 1 aliphatic rings. The molecule has 0 amide bonds. The molecule has 0 saturated heterocycles. The first-order valence-corrected chi connectivity index (χ1v) is 7.73. The van der Waals surface area contributed by atoms with E-state index in [1.165, 1.54) is 6.92 Å². The van der Waals surface area contributed by atoms with Crippen molar-refractivity contribution in [3.63, 3.8) is 0 Å². The molecule has 0 unspecified atom stereocenters. The molecule has 0 bridgehead atoms. The van der Waals surface area contributed by atoms with Crippen molar-refractivity contribution in [2.75, 3.05) is 13.2 Å². The number of hydrogen-bond acceptors (Lipinski definition) is 4. The molecule has 1 aromatic rings. The summed E-state index contributed by atoms with van der Waals surface area (Å²) in [6.07, 6.45) is 2.27. The lowest BCUT2D eigenvalue weighted by molar-refractivity contribution is -0.118. The number of halogens is 1. The Morgan fingerprint density at radius 2 is 2.05 bits per heavy atom. The van der Waals surface area contributed by atoms with Crippen LogP contribution in [-0.2, 0) is 9.53 Å². The highest BCUT2D eigenvalue weighted by atomic mass is 127. The minimum Gasteiger partial charge on any atom is -0.485 e. The molecule has 4 nitrogen and oxygen atoms in total. The third-order valence-electron chi connectivity index (χ3n) is 3.03. The first-order valence-electron chi connectivity index (χ1n) is 6.65. The summed E-state index contributed by atoms with van der Waals surface area (Å²) in [6.45, 7) is 3.61. The summed E-state index contributed by atoms with van der Waals surface area (Å²) in [6, 6.07) is 3.55. The average Bonchev–Trinajstić information content (AvgIpc) is 3.22. The fourth-order valence-electron chi connectivity index (χ4n) is 1.93. The minimum absolute atomic E-state index is 0.0202. The van der Waals surface area contributed by atoms with Crippen LogP contribution in [0.25, 0.3) is 0 Å². The summed E-state index contributed by atoms with van der Waals surface area (Å²) >= 11 is 2.22. The maximum absolute atomic E-state index is 11.9. The van der Waals surface area contributed by atoms with Gasteiger partial charge in [0.05, 0.1) is 15.7 Å². The van der Waals surface area contributed by atoms with E-state index in [4.69, 9.17) is 9.47 Å². The van der Waals surface area contributed by atoms with Gasteiger partial charge in [-0.1, -0.05) is 0 Å². The lowest BCUT2D eigenvalue weighted by Gasteiger charge is -2.13. The fourth-order valence-corrected chi connectivity index (χ4v) is 2.84. The van der Waals surface area contributed by atoms with E-state index in [1.807, 2.05) is 6.07 Å². The van der Waals surface area contributed by atoms with Gasteiger partial charge in [0.2, 0.25) is 0 Å². The number of ketones is 1. The van der Waals surface area contributed by atoms with Gasteiger partial charge in [-0.05, 0) is 72.9 Å². The van der Waals surface area contributed by atoms with Crippen molar-refractivity contribution in [3.8, 4) is 5.75 Å². The normalized spacial score (nSPS) is 13.9. The van der Waals surface area contributed by atoms with E-state index in [9.17, 15) is 9.59 Å². The highest BCUT2D eigenvalue weighted by Crippen LogP contribution is 2.44. The molecule has 108 valence electrons. The zero-order valence-electron chi connectivity index (χ0n) is 11.6. The second-order valence-electron chi connectivity index (χ2n) is 4.86. The molecule has 0 heterocycles. The van der Waals surface area contributed by atoms with E-state index < -0.39 is 0 Å². The van der Waals surface area contributed by atoms with Crippen LogP contribution in [0.15, 0.2) is 12.1 Å². The van der Waals surface area contributed by atoms with Crippen LogP contribution in [0.2, 0.25) is 0 Å². The standard InChI is InChI=1S/C15H17IO4/c1-3-19-15(18)11-6-12(10-4-5-10)14(16)13(7-11)20-8-9(2)17/h6-7,10H,3-5,8H2,1-2H3. The van der Waals surface area contributed by atoms with Gasteiger partial charge in [0.25, 0.3) is 0 Å². The molecular weight excluding hydrogens is 371 g/mol. The van der Waals surface area contributed by atoms with Crippen molar-refractivity contribution in [2.24, 2.45) is 0 Å². The Hall–Kier alpha value is -1.11. The predicted octanol–water partition coefficient (Wildman–Crippen LogP) is 3.31. The number of benzene rings is 1. The second-order valence-corrected chi connectivity index (χ2v) is 5.94. The third kappa shape index (κ3) is 3.71. The van der Waals surface area contributed by atoms with Crippen molar-refractivity contribution in [2.45, 2.75) is 32.6 Å². The molecule has 0 N–H and O–H groups in total. The Labute approximate surface area is 132 Å². The van der Waals surface area contributed by atoms with Crippen LogP contribution < -0.4 is 4.74 Å².